The summed E-state index contributed by atoms with van der Waals surface area (Å²) in [7, 11) is 0. The molecule has 0 fully saturated rings. The normalized spacial score (nSPS) is 12.7. The van der Waals surface area contributed by atoms with Gasteiger partial charge in [-0.1, -0.05) is 48.5 Å². The van der Waals surface area contributed by atoms with Crippen LogP contribution >= 0.6 is 0 Å². The number of hydrogen-bond donors (Lipinski definition) is 6. The first-order chi connectivity index (χ1) is 16.4. The van der Waals surface area contributed by atoms with E-state index in [4.69, 9.17) is 11.1 Å². The van der Waals surface area contributed by atoms with Gasteiger partial charge in [0, 0.05) is 11.3 Å². The van der Waals surface area contributed by atoms with E-state index in [1.54, 1.807) is 0 Å². The quantitative estimate of drug-likeness (QED) is 0.162. The molecule has 0 bridgehead atoms. The zero-order valence-electron chi connectivity index (χ0n) is 18.9. The van der Waals surface area contributed by atoms with E-state index in [1.807, 2.05) is 79.7 Å². The maximum Gasteiger partial charge on any atom is 0.405 e. The zero-order valence-corrected chi connectivity index (χ0v) is 18.9. The molecular formula is C26H28N6O2. The molecule has 0 aliphatic heterocycles. The van der Waals surface area contributed by atoms with Crippen LogP contribution in [-0.4, -0.2) is 33.0 Å². The third-order valence-electron chi connectivity index (χ3n) is 5.80. The number of nitrogen functional groups attached to an aromatic ring is 1. The SMILES string of the molecule is Cc1nc2ccc(C(NC(=O)O)C(CCc3ccc(C(=N)N)cc3)Nc3ccccc3)cc2[nH]1. The van der Waals surface area contributed by atoms with Crippen molar-refractivity contribution < 1.29 is 9.90 Å². The third kappa shape index (κ3) is 5.53. The van der Waals surface area contributed by atoms with Gasteiger partial charge in [0.25, 0.3) is 0 Å². The summed E-state index contributed by atoms with van der Waals surface area (Å²) in [5, 5.41) is 23.5. The van der Waals surface area contributed by atoms with Crippen molar-refractivity contribution in [3.8, 4) is 0 Å². The molecule has 0 radical (unpaired) electrons. The van der Waals surface area contributed by atoms with Crippen molar-refractivity contribution >= 4 is 28.6 Å². The molecule has 0 aliphatic carbocycles. The fraction of sp³-hybridized carbons (Fsp3) is 0.192. The number of nitrogens with zero attached hydrogens (tertiary/aromatic N) is 1. The monoisotopic (exact) mass is 456 g/mol. The van der Waals surface area contributed by atoms with E-state index in [0.29, 0.717) is 18.4 Å². The number of fused-ring (bicyclic) bond motifs is 1. The van der Waals surface area contributed by atoms with Crippen LogP contribution in [0.3, 0.4) is 0 Å². The van der Waals surface area contributed by atoms with Crippen LogP contribution in [0.1, 0.15) is 35.0 Å². The first kappa shape index (κ1) is 22.8. The lowest BCUT2D eigenvalue weighted by atomic mass is 9.93. The molecule has 1 heterocycles. The summed E-state index contributed by atoms with van der Waals surface area (Å²) < 4.78 is 0. The van der Waals surface area contributed by atoms with E-state index in [-0.39, 0.29) is 11.9 Å². The van der Waals surface area contributed by atoms with Gasteiger partial charge in [-0.15, -0.1) is 0 Å². The molecule has 174 valence electrons. The van der Waals surface area contributed by atoms with Crippen LogP contribution in [0.25, 0.3) is 11.0 Å². The average molecular weight is 457 g/mol. The number of aromatic amines is 1. The van der Waals surface area contributed by atoms with Crippen LogP contribution in [0.15, 0.2) is 72.8 Å². The molecule has 0 saturated heterocycles. The van der Waals surface area contributed by atoms with Crippen molar-refractivity contribution in [3.63, 3.8) is 0 Å². The van der Waals surface area contributed by atoms with Crippen molar-refractivity contribution in [3.05, 3.63) is 95.3 Å². The Morgan fingerprint density at radius 3 is 2.53 bits per heavy atom. The van der Waals surface area contributed by atoms with E-state index in [1.165, 1.54) is 0 Å². The molecule has 0 aliphatic rings. The van der Waals surface area contributed by atoms with E-state index < -0.39 is 12.1 Å². The van der Waals surface area contributed by atoms with Gasteiger partial charge in [0.1, 0.15) is 11.7 Å². The molecule has 4 rings (SSSR count). The number of nitrogens with one attached hydrogen (secondary N) is 4. The van der Waals surface area contributed by atoms with Gasteiger partial charge in [-0.05, 0) is 55.2 Å². The number of hydrogen-bond acceptors (Lipinski definition) is 4. The molecule has 34 heavy (non-hydrogen) atoms. The van der Waals surface area contributed by atoms with Gasteiger partial charge in [-0.2, -0.15) is 0 Å². The highest BCUT2D eigenvalue weighted by molar-refractivity contribution is 5.94. The maximum absolute atomic E-state index is 11.8. The maximum atomic E-state index is 11.8. The first-order valence-electron chi connectivity index (χ1n) is 11.1. The van der Waals surface area contributed by atoms with Crippen LogP contribution < -0.4 is 16.4 Å². The Bertz CT molecular complexity index is 1280. The molecule has 2 atom stereocenters. The predicted octanol–water partition coefficient (Wildman–Crippen LogP) is 4.58. The Kier molecular flexibility index (Phi) is 6.77. The number of amidine groups is 1. The van der Waals surface area contributed by atoms with Gasteiger partial charge in [-0.25, -0.2) is 9.78 Å². The van der Waals surface area contributed by atoms with E-state index >= 15 is 0 Å². The van der Waals surface area contributed by atoms with Crippen LogP contribution in [0.5, 0.6) is 0 Å². The minimum atomic E-state index is -1.09. The van der Waals surface area contributed by atoms with Gasteiger partial charge < -0.3 is 26.5 Å². The number of benzene rings is 3. The van der Waals surface area contributed by atoms with Crippen molar-refractivity contribution in [1.82, 2.24) is 15.3 Å². The van der Waals surface area contributed by atoms with Crippen LogP contribution in [0, 0.1) is 12.3 Å². The largest absolute Gasteiger partial charge is 0.465 e. The number of nitrogens with two attached hydrogens (primary N) is 1. The number of aryl methyl sites for hydroxylation is 2. The highest BCUT2D eigenvalue weighted by Crippen LogP contribution is 2.27. The Labute approximate surface area is 197 Å². The smallest absolute Gasteiger partial charge is 0.405 e. The third-order valence-corrected chi connectivity index (χ3v) is 5.80. The summed E-state index contributed by atoms with van der Waals surface area (Å²) in [4.78, 5) is 19.5. The first-order valence-corrected chi connectivity index (χ1v) is 11.1. The molecule has 1 amide bonds. The second-order valence-electron chi connectivity index (χ2n) is 8.29. The lowest BCUT2D eigenvalue weighted by Gasteiger charge is -2.29. The average Bonchev–Trinajstić information content (AvgIpc) is 3.20. The zero-order chi connectivity index (χ0) is 24.1. The van der Waals surface area contributed by atoms with Crippen LogP contribution in [-0.2, 0) is 6.42 Å². The number of amides is 1. The van der Waals surface area contributed by atoms with Crippen LogP contribution in [0.2, 0.25) is 0 Å². The Hall–Kier alpha value is -4.33. The summed E-state index contributed by atoms with van der Waals surface area (Å²) in [6.45, 7) is 1.89. The van der Waals surface area contributed by atoms with E-state index in [9.17, 15) is 9.90 Å². The van der Waals surface area contributed by atoms with Gasteiger partial charge in [0.2, 0.25) is 0 Å². The number of aromatic nitrogens is 2. The summed E-state index contributed by atoms with van der Waals surface area (Å²) in [5.41, 5.74) is 10.8. The van der Waals surface area contributed by atoms with E-state index in [2.05, 4.69) is 20.6 Å². The molecule has 3 aromatic carbocycles. The second kappa shape index (κ2) is 10.1. The van der Waals surface area contributed by atoms with Crippen molar-refractivity contribution in [2.45, 2.75) is 31.8 Å². The summed E-state index contributed by atoms with van der Waals surface area (Å²) in [5.74, 6) is 0.841. The highest BCUT2D eigenvalue weighted by Gasteiger charge is 2.26. The number of rotatable bonds is 9. The summed E-state index contributed by atoms with van der Waals surface area (Å²) in [6, 6.07) is 22.4. The molecule has 0 spiro atoms. The van der Waals surface area contributed by atoms with Gasteiger partial charge in [0.05, 0.1) is 23.1 Å². The number of imidazole rings is 1. The lowest BCUT2D eigenvalue weighted by Crippen LogP contribution is -2.40. The van der Waals surface area contributed by atoms with Crippen LogP contribution in [0.4, 0.5) is 10.5 Å². The van der Waals surface area contributed by atoms with Gasteiger partial charge in [-0.3, -0.25) is 5.41 Å². The number of H-pyrrole nitrogens is 1. The highest BCUT2D eigenvalue weighted by atomic mass is 16.4. The predicted molar refractivity (Wildman–Crippen MR) is 134 cm³/mol. The van der Waals surface area contributed by atoms with Gasteiger partial charge >= 0.3 is 6.09 Å². The molecule has 2 unspecified atom stereocenters. The Morgan fingerprint density at radius 2 is 1.85 bits per heavy atom. The molecule has 0 saturated carbocycles. The fourth-order valence-corrected chi connectivity index (χ4v) is 4.14. The van der Waals surface area contributed by atoms with Crippen molar-refractivity contribution in [2.75, 3.05) is 5.32 Å². The topological polar surface area (TPSA) is 140 Å². The number of anilines is 1. The number of carboxylic acid groups (broad SMARTS) is 1. The summed E-state index contributed by atoms with van der Waals surface area (Å²) >= 11 is 0. The minimum absolute atomic E-state index is 0.0327. The molecule has 7 N–H and O–H groups in total. The van der Waals surface area contributed by atoms with Crippen molar-refractivity contribution in [2.24, 2.45) is 5.73 Å². The Balaban J connectivity index is 1.65. The number of para-hydroxylation sites is 1. The molecule has 8 nitrogen and oxygen atoms in total. The van der Waals surface area contributed by atoms with Crippen molar-refractivity contribution in [1.29, 1.82) is 5.41 Å². The minimum Gasteiger partial charge on any atom is -0.465 e. The lowest BCUT2D eigenvalue weighted by molar-refractivity contribution is 0.188. The standard InChI is InChI=1S/C26H28N6O2/c1-16-29-21-14-12-19(15-23(21)30-16)24(32-26(33)34)22(31-20-5-3-2-4-6-20)13-9-17-7-10-18(11-8-17)25(27)28/h2-8,10-12,14-15,22,24,31-32H,9,13H2,1H3,(H3,27,28)(H,29,30)(H,33,34). The van der Waals surface area contributed by atoms with E-state index in [0.717, 1.165) is 33.7 Å². The molecule has 8 heteroatoms. The molecular weight excluding hydrogens is 428 g/mol. The fourth-order valence-electron chi connectivity index (χ4n) is 4.14. The van der Waals surface area contributed by atoms with Gasteiger partial charge in [0.15, 0.2) is 0 Å². The Morgan fingerprint density at radius 1 is 1.12 bits per heavy atom. The summed E-state index contributed by atoms with van der Waals surface area (Å²) in [6.07, 6.45) is 0.294. The molecule has 1 aromatic heterocycles. The molecule has 4 aromatic rings. The number of carbonyl (C=O) groups is 1. The second-order valence-corrected chi connectivity index (χ2v) is 8.29.